The van der Waals surface area contributed by atoms with Gasteiger partial charge in [-0.25, -0.2) is 0 Å². The van der Waals surface area contributed by atoms with Gasteiger partial charge in [-0.2, -0.15) is 0 Å². The normalized spacial score (nSPS) is 13.1. The summed E-state index contributed by atoms with van der Waals surface area (Å²) in [6, 6.07) is 17.8. The summed E-state index contributed by atoms with van der Waals surface area (Å²) in [6.07, 6.45) is 3.94. The molecule has 0 aliphatic heterocycles. The van der Waals surface area contributed by atoms with Crippen molar-refractivity contribution >= 4 is 60.4 Å². The van der Waals surface area contributed by atoms with Crippen LogP contribution in [0.15, 0.2) is 65.3 Å². The zero-order chi connectivity index (χ0) is 35.0. The molecule has 0 spiro atoms. The topological polar surface area (TPSA) is 71.0 Å². The number of hydrogen-bond acceptors (Lipinski definition) is 6. The zero-order valence-electron chi connectivity index (χ0n) is 30.7. The van der Waals surface area contributed by atoms with E-state index in [0.717, 1.165) is 91.8 Å². The summed E-state index contributed by atoms with van der Waals surface area (Å²) in [7, 11) is -3.45. The summed E-state index contributed by atoms with van der Waals surface area (Å²) in [5.41, 5.74) is 12.7. The average molecular weight is 701 g/mol. The minimum absolute atomic E-state index is 0.221. The Kier molecular flexibility index (Phi) is 10.7. The smallest absolute Gasteiger partial charge is 0.387 e. The van der Waals surface area contributed by atoms with Crippen molar-refractivity contribution in [3.05, 3.63) is 93.0 Å². The van der Waals surface area contributed by atoms with Gasteiger partial charge >= 0.3 is 16.5 Å². The van der Waals surface area contributed by atoms with E-state index in [1.165, 1.54) is 22.3 Å². The van der Waals surface area contributed by atoms with Crippen LogP contribution in [0.5, 0.6) is 0 Å². The van der Waals surface area contributed by atoms with Crippen molar-refractivity contribution in [2.45, 2.75) is 114 Å². The minimum atomic E-state index is -1.73. The molecular formula is C41H50O6P2. The van der Waals surface area contributed by atoms with Crippen LogP contribution < -0.4 is 9.05 Å². The third kappa shape index (κ3) is 7.40. The van der Waals surface area contributed by atoms with E-state index in [2.05, 4.69) is 104 Å². The number of aryl methyl sites for hydroxylation is 8. The molecular weight excluding hydrogens is 650 g/mol. The monoisotopic (exact) mass is 700 g/mol. The predicted octanol–water partition coefficient (Wildman–Crippen LogP) is 13.1. The van der Waals surface area contributed by atoms with Crippen LogP contribution in [0.2, 0.25) is 0 Å². The largest absolute Gasteiger partial charge is 0.399 e. The van der Waals surface area contributed by atoms with Crippen LogP contribution in [0.25, 0.3) is 43.9 Å². The van der Waals surface area contributed by atoms with E-state index in [1.54, 1.807) is 0 Å². The van der Waals surface area contributed by atoms with Gasteiger partial charge in [-0.15, -0.1) is 0 Å². The zero-order valence-corrected chi connectivity index (χ0v) is 32.4. The molecule has 6 nitrogen and oxygen atoms in total. The van der Waals surface area contributed by atoms with Crippen molar-refractivity contribution in [2.24, 2.45) is 0 Å². The third-order valence-electron chi connectivity index (χ3n) is 9.41. The van der Waals surface area contributed by atoms with Crippen LogP contribution in [0.3, 0.4) is 0 Å². The maximum atomic E-state index is 6.59. The van der Waals surface area contributed by atoms with E-state index < -0.39 is 16.5 Å². The van der Waals surface area contributed by atoms with Gasteiger partial charge in [0.25, 0.3) is 0 Å². The van der Waals surface area contributed by atoms with Crippen molar-refractivity contribution in [3.63, 3.8) is 0 Å². The molecule has 8 heteroatoms. The molecule has 4 aromatic carbocycles. The fourth-order valence-corrected chi connectivity index (χ4v) is 9.34. The standard InChI is InChI=1S/C41H50O6P2/c1-11-30-15-24(5)38-34(20-30)35-21-31(12-2)16-25(6)39(35)45-48(44-38)42-28(9)19-29(10)43-49-46-40-26(7)17-32(13-3)22-36(40)37-23-33(14-4)18-27(8)41(37)47-49/h15-18,20-23,28-29H,11-14,19H2,1-10H3/t28-,29-/m1/s1. The maximum Gasteiger partial charge on any atom is 0.387 e. The molecule has 49 heavy (non-hydrogen) atoms. The van der Waals surface area contributed by atoms with E-state index in [-0.39, 0.29) is 12.2 Å². The summed E-state index contributed by atoms with van der Waals surface area (Å²) < 4.78 is 39.5. The lowest BCUT2D eigenvalue weighted by Gasteiger charge is -2.15. The van der Waals surface area contributed by atoms with Crippen LogP contribution in [0.1, 0.15) is 92.5 Å². The van der Waals surface area contributed by atoms with Gasteiger partial charge in [0.2, 0.25) is 0 Å². The van der Waals surface area contributed by atoms with E-state index in [4.69, 9.17) is 25.8 Å². The highest BCUT2D eigenvalue weighted by molar-refractivity contribution is 7.32. The lowest BCUT2D eigenvalue weighted by atomic mass is 9.99. The van der Waals surface area contributed by atoms with Crippen molar-refractivity contribution in [1.29, 1.82) is 0 Å². The Morgan fingerprint density at radius 1 is 0.449 bits per heavy atom. The Morgan fingerprint density at radius 3 is 0.918 bits per heavy atom. The molecule has 0 fully saturated rings. The fraction of sp³-hybridized carbons (Fsp3) is 0.415. The summed E-state index contributed by atoms with van der Waals surface area (Å²) in [5, 5.41) is 4.27. The first-order valence-corrected chi connectivity index (χ1v) is 19.9. The highest BCUT2D eigenvalue weighted by atomic mass is 31.1. The Morgan fingerprint density at radius 2 is 0.694 bits per heavy atom. The lowest BCUT2D eigenvalue weighted by molar-refractivity contribution is 0.184. The van der Waals surface area contributed by atoms with E-state index in [1.807, 2.05) is 13.8 Å². The van der Waals surface area contributed by atoms with Crippen LogP contribution in [-0.2, 0) is 25.7 Å². The summed E-state index contributed by atoms with van der Waals surface area (Å²) in [4.78, 5) is 0. The van der Waals surface area contributed by atoms with Gasteiger partial charge in [0, 0.05) is 28.0 Å². The molecule has 260 valence electrons. The molecule has 0 radical (unpaired) electrons. The van der Waals surface area contributed by atoms with Crippen LogP contribution in [0.4, 0.5) is 0 Å². The third-order valence-corrected chi connectivity index (χ3v) is 11.8. The average Bonchev–Trinajstić information content (AvgIpc) is 3.33. The van der Waals surface area contributed by atoms with E-state index in [0.29, 0.717) is 6.42 Å². The number of hydrogen-bond donors (Lipinski definition) is 0. The van der Waals surface area contributed by atoms with E-state index >= 15 is 0 Å². The molecule has 6 rings (SSSR count). The Labute approximate surface area is 292 Å². The number of benzene rings is 4. The highest BCUT2D eigenvalue weighted by Gasteiger charge is 2.20. The molecule has 0 amide bonds. The molecule has 0 saturated carbocycles. The summed E-state index contributed by atoms with van der Waals surface area (Å²) in [5.74, 6) is 0. The van der Waals surface area contributed by atoms with E-state index in [9.17, 15) is 0 Å². The van der Waals surface area contributed by atoms with Crippen LogP contribution >= 0.6 is 16.5 Å². The summed E-state index contributed by atoms with van der Waals surface area (Å²) >= 11 is 0. The second kappa shape index (κ2) is 14.8. The van der Waals surface area contributed by atoms with Gasteiger partial charge in [-0.3, -0.25) is 9.05 Å². The predicted molar refractivity (Wildman–Crippen MR) is 206 cm³/mol. The second-order valence-corrected chi connectivity index (χ2v) is 15.5. The Balaban J connectivity index is 1.36. The van der Waals surface area contributed by atoms with Crippen molar-refractivity contribution < 1.29 is 25.8 Å². The van der Waals surface area contributed by atoms with Crippen molar-refractivity contribution in [2.75, 3.05) is 0 Å². The van der Waals surface area contributed by atoms with Gasteiger partial charge in [-0.05, 0) is 136 Å². The van der Waals surface area contributed by atoms with Gasteiger partial charge < -0.3 is 16.8 Å². The first-order chi connectivity index (χ1) is 23.5. The first-order valence-electron chi connectivity index (χ1n) is 17.7. The van der Waals surface area contributed by atoms with Gasteiger partial charge in [-0.1, -0.05) is 52.0 Å². The molecule has 0 unspecified atom stereocenters. The molecule has 0 bridgehead atoms. The molecule has 0 aliphatic rings. The SMILES string of the molecule is CCc1cc(C)c2op(O[C@H](C)C[C@@H](C)Op3oc4c(C)cc(CC)cc4c4cc(CC)cc(C)c4o3)oc3c(C)cc(CC)cc3c2c1. The Hall–Kier alpha value is -3.40. The molecule has 0 N–H and O–H groups in total. The second-order valence-electron chi connectivity index (χ2n) is 13.5. The number of fused-ring (bicyclic) bond motifs is 6. The highest BCUT2D eigenvalue weighted by Crippen LogP contribution is 2.40. The van der Waals surface area contributed by atoms with Gasteiger partial charge in [0.15, 0.2) is 0 Å². The molecule has 6 aromatic rings. The van der Waals surface area contributed by atoms with Gasteiger partial charge in [0.05, 0.1) is 12.2 Å². The Bertz CT molecular complexity index is 1940. The van der Waals surface area contributed by atoms with Crippen molar-refractivity contribution in [3.8, 4) is 0 Å². The molecule has 2 aromatic heterocycles. The number of rotatable bonds is 10. The maximum absolute atomic E-state index is 6.59. The molecule has 2 atom stereocenters. The van der Waals surface area contributed by atoms with Crippen LogP contribution in [-0.4, -0.2) is 12.2 Å². The van der Waals surface area contributed by atoms with Crippen LogP contribution in [0, 0.1) is 27.7 Å². The first kappa shape index (κ1) is 35.4. The molecule has 2 heterocycles. The molecule has 0 aliphatic carbocycles. The minimum Gasteiger partial charge on any atom is -0.399 e. The fourth-order valence-electron chi connectivity index (χ4n) is 6.76. The van der Waals surface area contributed by atoms with Crippen molar-refractivity contribution in [1.82, 2.24) is 0 Å². The lowest BCUT2D eigenvalue weighted by Crippen LogP contribution is -2.21. The molecule has 0 saturated heterocycles. The van der Waals surface area contributed by atoms with Gasteiger partial charge in [0.1, 0.15) is 22.3 Å². The summed E-state index contributed by atoms with van der Waals surface area (Å²) in [6.45, 7) is 21.2. The quantitative estimate of drug-likeness (QED) is 0.142.